The van der Waals surface area contributed by atoms with Gasteiger partial charge in [-0.25, -0.2) is 0 Å². The average molecular weight is 385 g/mol. The van der Waals surface area contributed by atoms with Crippen LogP contribution in [-0.2, 0) is 6.42 Å². The van der Waals surface area contributed by atoms with Gasteiger partial charge in [0.05, 0.1) is 14.2 Å². The Kier molecular flexibility index (Phi) is 6.98. The zero-order chi connectivity index (χ0) is 20.7. The van der Waals surface area contributed by atoms with Gasteiger partial charge in [-0.05, 0) is 57.0 Å². The summed E-state index contributed by atoms with van der Waals surface area (Å²) in [5.41, 5.74) is 1.23. The van der Waals surface area contributed by atoms with Crippen LogP contribution in [0.5, 0.6) is 11.5 Å². The summed E-state index contributed by atoms with van der Waals surface area (Å²) in [5, 5.41) is 5.69. The normalized spacial score (nSPS) is 10.9. The van der Waals surface area contributed by atoms with Gasteiger partial charge < -0.3 is 20.1 Å². The van der Waals surface area contributed by atoms with Gasteiger partial charge in [0, 0.05) is 23.8 Å². The molecule has 0 saturated heterocycles. The van der Waals surface area contributed by atoms with Crippen LogP contribution in [0.2, 0.25) is 0 Å². The Hall–Kier alpha value is -3.09. The van der Waals surface area contributed by atoms with Crippen LogP contribution in [0.3, 0.4) is 0 Å². The first kappa shape index (κ1) is 21.2. The Morgan fingerprint density at radius 1 is 1.00 bits per heavy atom. The molecule has 0 fully saturated rings. The van der Waals surface area contributed by atoms with Crippen LogP contribution < -0.4 is 20.1 Å². The van der Waals surface area contributed by atoms with Crippen molar-refractivity contribution in [2.75, 3.05) is 20.8 Å². The molecule has 7 heteroatoms. The summed E-state index contributed by atoms with van der Waals surface area (Å²) in [7, 11) is 3.17. The number of hydrogen-bond donors (Lipinski definition) is 2. The number of carbonyl (C=O) groups excluding carboxylic acids is 2. The van der Waals surface area contributed by atoms with E-state index in [2.05, 4.69) is 15.6 Å². The first-order chi connectivity index (χ1) is 13.2. The van der Waals surface area contributed by atoms with E-state index in [0.717, 1.165) is 5.56 Å². The molecule has 0 unspecified atom stereocenters. The van der Waals surface area contributed by atoms with Crippen molar-refractivity contribution in [3.8, 4) is 11.5 Å². The van der Waals surface area contributed by atoms with Crippen LogP contribution in [0.1, 0.15) is 47.2 Å². The summed E-state index contributed by atoms with van der Waals surface area (Å²) in [6.45, 7) is 6.10. The second kappa shape index (κ2) is 9.21. The molecule has 1 aromatic carbocycles. The highest BCUT2D eigenvalue weighted by Crippen LogP contribution is 2.27. The molecule has 2 aromatic rings. The fourth-order valence-corrected chi connectivity index (χ4v) is 2.56. The van der Waals surface area contributed by atoms with E-state index < -0.39 is 0 Å². The molecule has 0 spiro atoms. The average Bonchev–Trinajstić information content (AvgIpc) is 2.66. The van der Waals surface area contributed by atoms with Crippen molar-refractivity contribution in [1.29, 1.82) is 0 Å². The molecule has 1 heterocycles. The fraction of sp³-hybridized carbons (Fsp3) is 0.381. The van der Waals surface area contributed by atoms with Crippen molar-refractivity contribution in [1.82, 2.24) is 15.6 Å². The third-order valence-electron chi connectivity index (χ3n) is 3.89. The second-order valence-electron chi connectivity index (χ2n) is 7.33. The first-order valence-electron chi connectivity index (χ1n) is 9.01. The molecular weight excluding hydrogens is 358 g/mol. The van der Waals surface area contributed by atoms with Gasteiger partial charge in [0.25, 0.3) is 11.8 Å². The number of nitrogens with zero attached hydrogens (tertiary/aromatic N) is 1. The van der Waals surface area contributed by atoms with Crippen molar-refractivity contribution in [2.45, 2.75) is 32.7 Å². The summed E-state index contributed by atoms with van der Waals surface area (Å²) in [6.07, 6.45) is 2.09. The number of ether oxygens (including phenoxy) is 2. The Bertz CT molecular complexity index is 844. The molecule has 0 saturated carbocycles. The predicted octanol–water partition coefficient (Wildman–Crippen LogP) is 2.60. The largest absolute Gasteiger partial charge is 0.493 e. The van der Waals surface area contributed by atoms with Gasteiger partial charge in [0.15, 0.2) is 11.5 Å². The Balaban J connectivity index is 1.96. The van der Waals surface area contributed by atoms with E-state index in [-0.39, 0.29) is 23.0 Å². The maximum absolute atomic E-state index is 12.4. The molecule has 0 aliphatic heterocycles. The zero-order valence-corrected chi connectivity index (χ0v) is 17.0. The number of pyridine rings is 1. The molecule has 0 aliphatic carbocycles. The number of nitrogens with one attached hydrogen (secondary N) is 2. The number of hydrogen-bond acceptors (Lipinski definition) is 5. The SMILES string of the molecule is COc1ccc(CCNC(=O)c2ccnc(C(=O)NC(C)(C)C)c2)cc1OC. The van der Waals surface area contributed by atoms with Crippen molar-refractivity contribution in [3.63, 3.8) is 0 Å². The van der Waals surface area contributed by atoms with E-state index in [1.54, 1.807) is 20.3 Å². The van der Waals surface area contributed by atoms with E-state index in [9.17, 15) is 9.59 Å². The standard InChI is InChI=1S/C21H27N3O4/c1-21(2,3)24-20(26)16-13-15(9-11-22-16)19(25)23-10-8-14-6-7-17(27-4)18(12-14)28-5/h6-7,9,11-13H,8,10H2,1-5H3,(H,23,25)(H,24,26). The van der Waals surface area contributed by atoms with Gasteiger partial charge in [-0.15, -0.1) is 0 Å². The molecule has 0 atom stereocenters. The number of aromatic nitrogens is 1. The molecule has 0 radical (unpaired) electrons. The summed E-state index contributed by atoms with van der Waals surface area (Å²) in [4.78, 5) is 28.7. The lowest BCUT2D eigenvalue weighted by molar-refractivity contribution is 0.0914. The van der Waals surface area contributed by atoms with E-state index in [4.69, 9.17) is 9.47 Å². The van der Waals surface area contributed by atoms with Gasteiger partial charge in [-0.1, -0.05) is 6.07 Å². The molecule has 2 N–H and O–H groups in total. The summed E-state index contributed by atoms with van der Waals surface area (Å²) < 4.78 is 10.5. The van der Waals surface area contributed by atoms with Crippen LogP contribution in [-0.4, -0.2) is 43.1 Å². The fourth-order valence-electron chi connectivity index (χ4n) is 2.56. The molecular formula is C21H27N3O4. The van der Waals surface area contributed by atoms with Crippen LogP contribution in [0, 0.1) is 0 Å². The molecule has 0 aliphatic rings. The number of benzene rings is 1. The quantitative estimate of drug-likeness (QED) is 0.765. The number of rotatable bonds is 7. The molecule has 7 nitrogen and oxygen atoms in total. The predicted molar refractivity (Wildman–Crippen MR) is 107 cm³/mol. The van der Waals surface area contributed by atoms with E-state index in [0.29, 0.717) is 30.0 Å². The lowest BCUT2D eigenvalue weighted by Gasteiger charge is -2.20. The van der Waals surface area contributed by atoms with Crippen LogP contribution in [0.4, 0.5) is 0 Å². The Morgan fingerprint density at radius 3 is 2.36 bits per heavy atom. The molecule has 2 amide bonds. The van der Waals surface area contributed by atoms with Gasteiger partial charge in [0.1, 0.15) is 5.69 Å². The molecule has 0 bridgehead atoms. The molecule has 150 valence electrons. The van der Waals surface area contributed by atoms with E-state index in [1.807, 2.05) is 39.0 Å². The highest BCUT2D eigenvalue weighted by molar-refractivity contribution is 5.98. The van der Waals surface area contributed by atoms with Gasteiger partial charge in [-0.2, -0.15) is 0 Å². The minimum Gasteiger partial charge on any atom is -0.493 e. The van der Waals surface area contributed by atoms with Crippen molar-refractivity contribution >= 4 is 11.8 Å². The Labute approximate surface area is 165 Å². The van der Waals surface area contributed by atoms with Crippen molar-refractivity contribution in [2.24, 2.45) is 0 Å². The minimum absolute atomic E-state index is 0.211. The number of methoxy groups -OCH3 is 2. The third kappa shape index (κ3) is 5.97. The number of amides is 2. The second-order valence-corrected chi connectivity index (χ2v) is 7.33. The summed E-state index contributed by atoms with van der Waals surface area (Å²) in [5.74, 6) is 0.739. The maximum Gasteiger partial charge on any atom is 0.270 e. The van der Waals surface area contributed by atoms with Gasteiger partial charge in [0.2, 0.25) is 0 Å². The zero-order valence-electron chi connectivity index (χ0n) is 17.0. The summed E-state index contributed by atoms with van der Waals surface area (Å²) in [6, 6.07) is 8.71. The molecule has 2 rings (SSSR count). The van der Waals surface area contributed by atoms with Gasteiger partial charge >= 0.3 is 0 Å². The highest BCUT2D eigenvalue weighted by Gasteiger charge is 2.17. The lowest BCUT2D eigenvalue weighted by Crippen LogP contribution is -2.41. The maximum atomic E-state index is 12.4. The summed E-state index contributed by atoms with van der Waals surface area (Å²) >= 11 is 0. The monoisotopic (exact) mass is 385 g/mol. The van der Waals surface area contributed by atoms with E-state index >= 15 is 0 Å². The first-order valence-corrected chi connectivity index (χ1v) is 9.01. The lowest BCUT2D eigenvalue weighted by atomic mass is 10.1. The highest BCUT2D eigenvalue weighted by atomic mass is 16.5. The van der Waals surface area contributed by atoms with Crippen molar-refractivity contribution in [3.05, 3.63) is 53.3 Å². The Morgan fingerprint density at radius 2 is 1.71 bits per heavy atom. The topological polar surface area (TPSA) is 89.5 Å². The smallest absolute Gasteiger partial charge is 0.270 e. The third-order valence-corrected chi connectivity index (χ3v) is 3.89. The van der Waals surface area contributed by atoms with Crippen LogP contribution in [0.15, 0.2) is 36.5 Å². The van der Waals surface area contributed by atoms with Gasteiger partial charge in [-0.3, -0.25) is 14.6 Å². The minimum atomic E-state index is -0.379. The van der Waals surface area contributed by atoms with Crippen LogP contribution in [0.25, 0.3) is 0 Å². The number of carbonyl (C=O) groups is 2. The van der Waals surface area contributed by atoms with E-state index in [1.165, 1.54) is 12.3 Å². The molecule has 1 aromatic heterocycles. The van der Waals surface area contributed by atoms with Crippen molar-refractivity contribution < 1.29 is 19.1 Å². The van der Waals surface area contributed by atoms with Crippen LogP contribution >= 0.6 is 0 Å². The molecule has 28 heavy (non-hydrogen) atoms.